The van der Waals surface area contributed by atoms with Crippen molar-refractivity contribution in [1.29, 1.82) is 0 Å². The Morgan fingerprint density at radius 1 is 1.03 bits per heavy atom. The van der Waals surface area contributed by atoms with E-state index in [2.05, 4.69) is 0 Å². The number of halogens is 2. The molecule has 0 saturated heterocycles. The predicted octanol–water partition coefficient (Wildman–Crippen LogP) is 4.63. The summed E-state index contributed by atoms with van der Waals surface area (Å²) < 4.78 is 25.4. The third-order valence-corrected chi connectivity index (χ3v) is 6.03. The minimum Gasteiger partial charge on any atom is -0.482 e. The molecule has 4 rings (SSSR count). The second-order valence-electron chi connectivity index (χ2n) is 7.89. The summed E-state index contributed by atoms with van der Waals surface area (Å²) in [4.78, 5) is 26.0. The molecule has 1 N–H and O–H groups in total. The van der Waals surface area contributed by atoms with Crippen LogP contribution in [0, 0.1) is 5.82 Å². The Morgan fingerprint density at radius 3 is 2.59 bits per heavy atom. The lowest BCUT2D eigenvalue weighted by atomic mass is 9.87. The van der Waals surface area contributed by atoms with Gasteiger partial charge in [0.1, 0.15) is 18.2 Å². The Bertz CT molecular complexity index is 1200. The standard InChI is InChI=1S/C26H23ClFNO5/c27-22-8-4-2-6-18(22)14-33-15-24(30)29-12-11-17-5-1-3-7-20(17)26(29)21-13-19(28)9-10-23(21)34-16-25(31)32/h1-10,13,26H,11-12,14-16H2,(H,31,32). The van der Waals surface area contributed by atoms with E-state index in [0.717, 1.165) is 16.7 Å². The Hall–Kier alpha value is -3.42. The molecule has 0 aliphatic carbocycles. The number of hydrogen-bond donors (Lipinski definition) is 1. The molecule has 1 heterocycles. The normalized spacial score (nSPS) is 15.0. The summed E-state index contributed by atoms with van der Waals surface area (Å²) in [6.45, 7) is -0.204. The third kappa shape index (κ3) is 5.38. The predicted molar refractivity (Wildman–Crippen MR) is 124 cm³/mol. The molecule has 1 amide bonds. The number of carbonyl (C=O) groups excluding carboxylic acids is 1. The quantitative estimate of drug-likeness (QED) is 0.505. The van der Waals surface area contributed by atoms with E-state index in [0.29, 0.717) is 23.6 Å². The minimum absolute atomic E-state index is 0.174. The second kappa shape index (κ2) is 10.7. The molecule has 3 aromatic rings. The van der Waals surface area contributed by atoms with Crippen LogP contribution in [0.2, 0.25) is 5.02 Å². The molecule has 6 nitrogen and oxygen atoms in total. The van der Waals surface area contributed by atoms with Gasteiger partial charge in [-0.15, -0.1) is 0 Å². The van der Waals surface area contributed by atoms with Gasteiger partial charge in [0.25, 0.3) is 0 Å². The molecule has 176 valence electrons. The topological polar surface area (TPSA) is 76.1 Å². The van der Waals surface area contributed by atoms with Crippen molar-refractivity contribution < 1.29 is 28.6 Å². The highest BCUT2D eigenvalue weighted by atomic mass is 35.5. The summed E-state index contributed by atoms with van der Waals surface area (Å²) >= 11 is 6.17. The van der Waals surface area contributed by atoms with Gasteiger partial charge in [-0.25, -0.2) is 9.18 Å². The van der Waals surface area contributed by atoms with Crippen molar-refractivity contribution in [2.24, 2.45) is 0 Å². The van der Waals surface area contributed by atoms with E-state index in [1.807, 2.05) is 42.5 Å². The van der Waals surface area contributed by atoms with Gasteiger partial charge in [-0.3, -0.25) is 4.79 Å². The largest absolute Gasteiger partial charge is 0.482 e. The van der Waals surface area contributed by atoms with Crippen molar-refractivity contribution in [3.8, 4) is 5.75 Å². The van der Waals surface area contributed by atoms with Gasteiger partial charge in [-0.2, -0.15) is 0 Å². The highest BCUT2D eigenvalue weighted by Crippen LogP contribution is 2.39. The maximum atomic E-state index is 14.3. The van der Waals surface area contributed by atoms with Gasteiger partial charge in [-0.05, 0) is 47.4 Å². The van der Waals surface area contributed by atoms with Crippen LogP contribution in [-0.4, -0.2) is 41.6 Å². The number of carbonyl (C=O) groups is 2. The van der Waals surface area contributed by atoms with E-state index in [4.69, 9.17) is 26.2 Å². The summed E-state index contributed by atoms with van der Waals surface area (Å²) in [6, 6.07) is 18.1. The highest BCUT2D eigenvalue weighted by molar-refractivity contribution is 6.31. The molecule has 34 heavy (non-hydrogen) atoms. The molecule has 0 fully saturated rings. The molecule has 8 heteroatoms. The summed E-state index contributed by atoms with van der Waals surface area (Å²) in [7, 11) is 0. The van der Waals surface area contributed by atoms with E-state index in [-0.39, 0.29) is 24.9 Å². The van der Waals surface area contributed by atoms with Crippen molar-refractivity contribution in [2.45, 2.75) is 19.1 Å². The number of nitrogens with zero attached hydrogens (tertiary/aromatic N) is 1. The monoisotopic (exact) mass is 483 g/mol. The van der Waals surface area contributed by atoms with Crippen LogP contribution in [0.4, 0.5) is 4.39 Å². The number of fused-ring (bicyclic) bond motifs is 1. The lowest BCUT2D eigenvalue weighted by Gasteiger charge is -2.38. The van der Waals surface area contributed by atoms with Gasteiger partial charge >= 0.3 is 5.97 Å². The molecule has 1 atom stereocenters. The van der Waals surface area contributed by atoms with E-state index < -0.39 is 24.4 Å². The van der Waals surface area contributed by atoms with Crippen LogP contribution in [0.25, 0.3) is 0 Å². The first-order valence-electron chi connectivity index (χ1n) is 10.8. The summed E-state index contributed by atoms with van der Waals surface area (Å²) in [5.41, 5.74) is 3.01. The fourth-order valence-electron chi connectivity index (χ4n) is 4.12. The van der Waals surface area contributed by atoms with E-state index in [1.165, 1.54) is 18.2 Å². The molecular formula is C26H23ClFNO5. The van der Waals surface area contributed by atoms with Crippen LogP contribution >= 0.6 is 11.6 Å². The Morgan fingerprint density at radius 2 is 1.79 bits per heavy atom. The van der Waals surface area contributed by atoms with Crippen molar-refractivity contribution in [1.82, 2.24) is 4.90 Å². The molecule has 0 bridgehead atoms. The first-order valence-corrected chi connectivity index (χ1v) is 11.1. The maximum Gasteiger partial charge on any atom is 0.341 e. The summed E-state index contributed by atoms with van der Waals surface area (Å²) in [5.74, 6) is -1.73. The number of aliphatic carboxylic acids is 1. The van der Waals surface area contributed by atoms with Gasteiger partial charge < -0.3 is 19.5 Å². The zero-order chi connectivity index (χ0) is 24.1. The average molecular weight is 484 g/mol. The zero-order valence-corrected chi connectivity index (χ0v) is 19.0. The van der Waals surface area contributed by atoms with Crippen LogP contribution in [0.1, 0.15) is 28.3 Å². The fourth-order valence-corrected chi connectivity index (χ4v) is 4.31. The number of rotatable bonds is 8. The van der Waals surface area contributed by atoms with Gasteiger partial charge in [-0.1, -0.05) is 54.1 Å². The maximum absolute atomic E-state index is 14.3. The molecular weight excluding hydrogens is 461 g/mol. The van der Waals surface area contributed by atoms with Crippen molar-refractivity contribution in [2.75, 3.05) is 19.8 Å². The number of benzene rings is 3. The van der Waals surface area contributed by atoms with Crippen molar-refractivity contribution >= 4 is 23.5 Å². The molecule has 1 aliphatic rings. The number of carboxylic acid groups (broad SMARTS) is 1. The van der Waals surface area contributed by atoms with Crippen LogP contribution in [-0.2, 0) is 27.4 Å². The lowest BCUT2D eigenvalue weighted by Crippen LogP contribution is -2.42. The molecule has 0 saturated carbocycles. The number of hydrogen-bond acceptors (Lipinski definition) is 4. The van der Waals surface area contributed by atoms with Gasteiger partial charge in [0.2, 0.25) is 5.91 Å². The molecule has 3 aromatic carbocycles. The molecule has 1 unspecified atom stereocenters. The molecule has 0 aromatic heterocycles. The molecule has 1 aliphatic heterocycles. The Labute approximate surface area is 201 Å². The summed E-state index contributed by atoms with van der Waals surface area (Å²) in [5, 5.41) is 9.60. The van der Waals surface area contributed by atoms with Crippen molar-refractivity contribution in [3.63, 3.8) is 0 Å². The lowest BCUT2D eigenvalue weighted by molar-refractivity contribution is -0.140. The molecule has 0 radical (unpaired) electrons. The van der Waals surface area contributed by atoms with E-state index in [9.17, 15) is 14.0 Å². The number of amides is 1. The average Bonchev–Trinajstić information content (AvgIpc) is 2.83. The minimum atomic E-state index is -1.15. The number of ether oxygens (including phenoxy) is 2. The SMILES string of the molecule is O=C(O)COc1ccc(F)cc1C1c2ccccc2CCN1C(=O)COCc1ccccc1Cl. The van der Waals surface area contributed by atoms with Crippen molar-refractivity contribution in [3.05, 3.63) is 99.8 Å². The Balaban J connectivity index is 1.62. The van der Waals surface area contributed by atoms with Crippen LogP contribution < -0.4 is 4.74 Å². The fraction of sp³-hybridized carbons (Fsp3) is 0.231. The van der Waals surface area contributed by atoms with Crippen LogP contribution in [0.5, 0.6) is 5.75 Å². The van der Waals surface area contributed by atoms with E-state index >= 15 is 0 Å². The Kier molecular flexibility index (Phi) is 7.45. The smallest absolute Gasteiger partial charge is 0.341 e. The highest BCUT2D eigenvalue weighted by Gasteiger charge is 2.34. The first kappa shape index (κ1) is 23.7. The van der Waals surface area contributed by atoms with E-state index in [1.54, 1.807) is 11.0 Å². The second-order valence-corrected chi connectivity index (χ2v) is 8.29. The van der Waals surface area contributed by atoms with Crippen LogP contribution in [0.15, 0.2) is 66.7 Å². The number of carboxylic acids is 1. The summed E-state index contributed by atoms with van der Waals surface area (Å²) in [6.07, 6.45) is 0.629. The van der Waals surface area contributed by atoms with Crippen LogP contribution in [0.3, 0.4) is 0 Å². The molecule has 0 spiro atoms. The zero-order valence-electron chi connectivity index (χ0n) is 18.2. The first-order chi connectivity index (χ1) is 16.4. The van der Waals surface area contributed by atoms with Gasteiger partial charge in [0.15, 0.2) is 6.61 Å². The van der Waals surface area contributed by atoms with Gasteiger partial charge in [0.05, 0.1) is 12.6 Å². The van der Waals surface area contributed by atoms with Gasteiger partial charge in [0, 0.05) is 17.1 Å². The third-order valence-electron chi connectivity index (χ3n) is 5.66.